The van der Waals surface area contributed by atoms with Crippen LogP contribution in [0.15, 0.2) is 47.4 Å². The third kappa shape index (κ3) is 4.11. The first-order valence-corrected chi connectivity index (χ1v) is 9.49. The SMILES string of the molecule is CSc1ccc2cc(C[NH2+][C@H](C)c3ccc(F)cc3F)c(Cl)nc2c1. The minimum atomic E-state index is -0.570. The molecule has 2 N–H and O–H groups in total. The van der Waals surface area contributed by atoms with Gasteiger partial charge in [-0.05, 0) is 43.5 Å². The highest BCUT2D eigenvalue weighted by Gasteiger charge is 2.16. The predicted molar refractivity (Wildman–Crippen MR) is 98.9 cm³/mol. The van der Waals surface area contributed by atoms with Crippen LogP contribution >= 0.6 is 23.4 Å². The van der Waals surface area contributed by atoms with Gasteiger partial charge in [-0.15, -0.1) is 11.8 Å². The second-order valence-corrected chi connectivity index (χ2v) is 7.13. The molecule has 0 fully saturated rings. The normalized spacial score (nSPS) is 12.5. The average molecular weight is 380 g/mol. The molecule has 0 aliphatic carbocycles. The summed E-state index contributed by atoms with van der Waals surface area (Å²) in [7, 11) is 0. The molecule has 0 spiro atoms. The molecule has 0 aliphatic rings. The molecule has 3 rings (SSSR count). The number of benzene rings is 2. The number of nitrogens with zero attached hydrogens (tertiary/aromatic N) is 1. The number of nitrogens with two attached hydrogens (primary N) is 1. The average Bonchev–Trinajstić information content (AvgIpc) is 2.59. The Bertz CT molecular complexity index is 917. The van der Waals surface area contributed by atoms with Crippen LogP contribution in [0.2, 0.25) is 5.15 Å². The molecule has 6 heteroatoms. The zero-order chi connectivity index (χ0) is 18.0. The zero-order valence-electron chi connectivity index (χ0n) is 13.9. The van der Waals surface area contributed by atoms with Crippen LogP contribution in [0.25, 0.3) is 10.9 Å². The highest BCUT2D eigenvalue weighted by atomic mass is 35.5. The van der Waals surface area contributed by atoms with Gasteiger partial charge in [-0.2, -0.15) is 0 Å². The standard InChI is InChI=1S/C19H17ClF2N2S/c1-11(16-6-4-14(21)8-17(16)22)23-10-13-7-12-3-5-15(25-2)9-18(12)24-19(13)20/h3-9,11,23H,10H2,1-2H3/p+1/t11-/m1/s1. The maximum absolute atomic E-state index is 13.9. The third-order valence-corrected chi connectivity index (χ3v) is 5.25. The van der Waals surface area contributed by atoms with Gasteiger partial charge < -0.3 is 5.32 Å². The maximum Gasteiger partial charge on any atom is 0.138 e. The lowest BCUT2D eigenvalue weighted by atomic mass is 10.1. The fraction of sp³-hybridized carbons (Fsp3) is 0.211. The molecule has 1 aromatic heterocycles. The number of pyridine rings is 1. The monoisotopic (exact) mass is 379 g/mol. The number of thioether (sulfide) groups is 1. The van der Waals surface area contributed by atoms with Crippen LogP contribution < -0.4 is 5.32 Å². The van der Waals surface area contributed by atoms with Crippen molar-refractivity contribution in [2.75, 3.05) is 6.26 Å². The highest BCUT2D eigenvalue weighted by molar-refractivity contribution is 7.98. The number of rotatable bonds is 5. The van der Waals surface area contributed by atoms with Crippen molar-refractivity contribution in [1.82, 2.24) is 4.98 Å². The minimum Gasteiger partial charge on any atom is -0.336 e. The van der Waals surface area contributed by atoms with Gasteiger partial charge in [0.05, 0.1) is 5.52 Å². The van der Waals surface area contributed by atoms with E-state index in [2.05, 4.69) is 4.98 Å². The maximum atomic E-state index is 13.9. The van der Waals surface area contributed by atoms with Crippen molar-refractivity contribution in [2.24, 2.45) is 0 Å². The molecule has 25 heavy (non-hydrogen) atoms. The summed E-state index contributed by atoms with van der Waals surface area (Å²) in [5.41, 5.74) is 2.22. The third-order valence-electron chi connectivity index (χ3n) is 4.20. The van der Waals surface area contributed by atoms with Gasteiger partial charge in [0.2, 0.25) is 0 Å². The lowest BCUT2D eigenvalue weighted by Gasteiger charge is -2.13. The van der Waals surface area contributed by atoms with Crippen LogP contribution in [0.4, 0.5) is 8.78 Å². The fourth-order valence-corrected chi connectivity index (χ4v) is 3.40. The number of quaternary nitrogens is 1. The summed E-state index contributed by atoms with van der Waals surface area (Å²) < 4.78 is 26.9. The number of fused-ring (bicyclic) bond motifs is 1. The van der Waals surface area contributed by atoms with Crippen LogP contribution in [-0.4, -0.2) is 11.2 Å². The Hall–Kier alpha value is -1.69. The van der Waals surface area contributed by atoms with E-state index in [1.807, 2.05) is 42.8 Å². The Morgan fingerprint density at radius 3 is 2.68 bits per heavy atom. The van der Waals surface area contributed by atoms with Crippen molar-refractivity contribution < 1.29 is 14.1 Å². The van der Waals surface area contributed by atoms with Crippen molar-refractivity contribution in [3.05, 3.63) is 70.4 Å². The highest BCUT2D eigenvalue weighted by Crippen LogP contribution is 2.24. The molecule has 2 nitrogen and oxygen atoms in total. The molecule has 1 heterocycles. The number of halogens is 3. The zero-order valence-corrected chi connectivity index (χ0v) is 15.5. The first-order valence-electron chi connectivity index (χ1n) is 7.89. The van der Waals surface area contributed by atoms with Gasteiger partial charge in [0.1, 0.15) is 29.4 Å². The van der Waals surface area contributed by atoms with Crippen molar-refractivity contribution in [3.8, 4) is 0 Å². The summed E-state index contributed by atoms with van der Waals surface area (Å²) in [6.45, 7) is 2.44. The van der Waals surface area contributed by atoms with Gasteiger partial charge in [0, 0.05) is 27.5 Å². The van der Waals surface area contributed by atoms with E-state index >= 15 is 0 Å². The topological polar surface area (TPSA) is 29.5 Å². The molecule has 0 saturated heterocycles. The molecule has 3 aromatic rings. The summed E-state index contributed by atoms with van der Waals surface area (Å²) in [6, 6.07) is 11.6. The molecule has 0 amide bonds. The van der Waals surface area contributed by atoms with Crippen LogP contribution in [0.5, 0.6) is 0 Å². The van der Waals surface area contributed by atoms with Gasteiger partial charge in [0.15, 0.2) is 0 Å². The van der Waals surface area contributed by atoms with Crippen molar-refractivity contribution in [3.63, 3.8) is 0 Å². The predicted octanol–water partition coefficient (Wildman–Crippen LogP) is 4.71. The summed E-state index contributed by atoms with van der Waals surface area (Å²) in [5, 5.41) is 3.43. The van der Waals surface area contributed by atoms with Gasteiger partial charge in [-0.25, -0.2) is 13.8 Å². The number of hydrogen-bond acceptors (Lipinski definition) is 2. The first kappa shape index (κ1) is 18.1. The Labute approximate surface area is 154 Å². The van der Waals surface area contributed by atoms with Gasteiger partial charge in [0.25, 0.3) is 0 Å². The Balaban J connectivity index is 1.79. The smallest absolute Gasteiger partial charge is 0.138 e. The fourth-order valence-electron chi connectivity index (χ4n) is 2.74. The molecular weight excluding hydrogens is 362 g/mol. The summed E-state index contributed by atoms with van der Waals surface area (Å²) in [6.07, 6.45) is 2.02. The second-order valence-electron chi connectivity index (χ2n) is 5.89. The summed E-state index contributed by atoms with van der Waals surface area (Å²) in [5.74, 6) is -1.10. The van der Waals surface area contributed by atoms with Crippen LogP contribution in [-0.2, 0) is 6.54 Å². The van der Waals surface area contributed by atoms with E-state index in [1.165, 1.54) is 12.1 Å². The molecule has 0 radical (unpaired) electrons. The van der Waals surface area contributed by atoms with E-state index in [9.17, 15) is 8.78 Å². The molecule has 0 saturated carbocycles. The van der Waals surface area contributed by atoms with Gasteiger partial charge in [-0.1, -0.05) is 17.7 Å². The van der Waals surface area contributed by atoms with Crippen LogP contribution in [0.3, 0.4) is 0 Å². The molecular formula is C19H18ClF2N2S+. The lowest BCUT2D eigenvalue weighted by Crippen LogP contribution is -2.83. The van der Waals surface area contributed by atoms with E-state index in [-0.39, 0.29) is 6.04 Å². The lowest BCUT2D eigenvalue weighted by molar-refractivity contribution is -0.708. The van der Waals surface area contributed by atoms with Crippen LogP contribution in [0, 0.1) is 11.6 Å². The van der Waals surface area contributed by atoms with Crippen molar-refractivity contribution >= 4 is 34.3 Å². The number of hydrogen-bond donors (Lipinski definition) is 1. The molecule has 130 valence electrons. The first-order chi connectivity index (χ1) is 12.0. The molecule has 0 aliphatic heterocycles. The van der Waals surface area contributed by atoms with E-state index in [0.29, 0.717) is 17.3 Å². The Kier molecular flexibility index (Phi) is 5.57. The quantitative estimate of drug-likeness (QED) is 0.513. The van der Waals surface area contributed by atoms with E-state index in [1.54, 1.807) is 11.8 Å². The minimum absolute atomic E-state index is 0.161. The van der Waals surface area contributed by atoms with Crippen molar-refractivity contribution in [2.45, 2.75) is 24.4 Å². The van der Waals surface area contributed by atoms with Gasteiger partial charge in [-0.3, -0.25) is 0 Å². The van der Waals surface area contributed by atoms with E-state index in [4.69, 9.17) is 11.6 Å². The largest absolute Gasteiger partial charge is 0.336 e. The van der Waals surface area contributed by atoms with E-state index < -0.39 is 11.6 Å². The molecule has 0 bridgehead atoms. The number of aromatic nitrogens is 1. The second kappa shape index (κ2) is 7.68. The molecule has 1 atom stereocenters. The van der Waals surface area contributed by atoms with Gasteiger partial charge >= 0.3 is 0 Å². The summed E-state index contributed by atoms with van der Waals surface area (Å²) in [4.78, 5) is 5.61. The Morgan fingerprint density at radius 2 is 1.96 bits per heavy atom. The van der Waals surface area contributed by atoms with Crippen LogP contribution in [0.1, 0.15) is 24.1 Å². The Morgan fingerprint density at radius 1 is 1.16 bits per heavy atom. The molecule has 0 unspecified atom stereocenters. The summed E-state index contributed by atoms with van der Waals surface area (Å²) >= 11 is 7.98. The molecule has 2 aromatic carbocycles. The van der Waals surface area contributed by atoms with Crippen molar-refractivity contribution in [1.29, 1.82) is 0 Å². The van der Waals surface area contributed by atoms with E-state index in [0.717, 1.165) is 27.4 Å².